The predicted octanol–water partition coefficient (Wildman–Crippen LogP) is 0.601. The van der Waals surface area contributed by atoms with Crippen LogP contribution in [0.3, 0.4) is 0 Å². The first kappa shape index (κ1) is 15.8. The fraction of sp³-hybridized carbons (Fsp3) is 0.529. The van der Waals surface area contributed by atoms with Gasteiger partial charge in [0.25, 0.3) is 0 Å². The highest BCUT2D eigenvalue weighted by Crippen LogP contribution is 2.27. The quantitative estimate of drug-likeness (QED) is 0.834. The Bertz CT molecular complexity index is 565. The number of hydrogen-bond donors (Lipinski definition) is 1. The molecule has 2 heterocycles. The molecule has 6 heteroatoms. The number of benzene rings is 1. The summed E-state index contributed by atoms with van der Waals surface area (Å²) in [5, 5.41) is 2.92. The third-order valence-electron chi connectivity index (χ3n) is 4.37. The summed E-state index contributed by atoms with van der Waals surface area (Å²) in [6.45, 7) is 1.98. The van der Waals surface area contributed by atoms with E-state index >= 15 is 0 Å². The number of hydrogen-bond acceptors (Lipinski definition) is 4. The van der Waals surface area contributed by atoms with Gasteiger partial charge in [0.05, 0.1) is 19.1 Å². The normalized spacial score (nSPS) is 22.8. The highest BCUT2D eigenvalue weighted by molar-refractivity contribution is 5.89. The number of carbonyl (C=O) groups is 2. The van der Waals surface area contributed by atoms with E-state index in [1.807, 2.05) is 24.3 Å². The molecule has 2 aliphatic rings. The number of methoxy groups -OCH3 is 1. The van der Waals surface area contributed by atoms with Crippen molar-refractivity contribution in [1.82, 2.24) is 10.2 Å². The van der Waals surface area contributed by atoms with Crippen molar-refractivity contribution < 1.29 is 19.1 Å². The molecule has 1 aromatic rings. The van der Waals surface area contributed by atoms with Crippen LogP contribution < -0.4 is 10.1 Å². The Hall–Kier alpha value is -2.08. The molecule has 23 heavy (non-hydrogen) atoms. The van der Waals surface area contributed by atoms with Gasteiger partial charge >= 0.3 is 0 Å². The lowest BCUT2D eigenvalue weighted by Gasteiger charge is -2.16. The average Bonchev–Trinajstić information content (AvgIpc) is 3.13. The van der Waals surface area contributed by atoms with E-state index in [-0.39, 0.29) is 30.3 Å². The second-order valence-electron chi connectivity index (χ2n) is 6.03. The number of rotatable bonds is 6. The number of fused-ring (bicyclic) bond motifs is 1. The molecular formula is C17H22N2O4. The molecule has 2 atom stereocenters. The van der Waals surface area contributed by atoms with E-state index in [4.69, 9.17) is 9.47 Å². The maximum atomic E-state index is 12.3. The summed E-state index contributed by atoms with van der Waals surface area (Å²) >= 11 is 0. The molecule has 2 aliphatic heterocycles. The summed E-state index contributed by atoms with van der Waals surface area (Å²) in [6, 6.07) is 7.92. The monoisotopic (exact) mass is 318 g/mol. The van der Waals surface area contributed by atoms with Gasteiger partial charge in [-0.3, -0.25) is 9.59 Å². The lowest BCUT2D eigenvalue weighted by Crippen LogP contribution is -2.39. The van der Waals surface area contributed by atoms with Crippen molar-refractivity contribution in [3.05, 3.63) is 29.8 Å². The largest absolute Gasteiger partial charge is 0.488 e. The Morgan fingerprint density at radius 3 is 3.00 bits per heavy atom. The molecule has 0 spiro atoms. The minimum absolute atomic E-state index is 0.0201. The molecular weight excluding hydrogens is 296 g/mol. The fourth-order valence-corrected chi connectivity index (χ4v) is 3.09. The van der Waals surface area contributed by atoms with E-state index in [0.717, 1.165) is 12.2 Å². The van der Waals surface area contributed by atoms with E-state index in [0.29, 0.717) is 26.2 Å². The predicted molar refractivity (Wildman–Crippen MR) is 84.1 cm³/mol. The van der Waals surface area contributed by atoms with Crippen LogP contribution in [-0.4, -0.2) is 56.2 Å². The number of nitrogens with zero attached hydrogens (tertiary/aromatic N) is 1. The average molecular weight is 318 g/mol. The van der Waals surface area contributed by atoms with Gasteiger partial charge in [-0.2, -0.15) is 0 Å². The molecule has 0 bridgehead atoms. The Balaban J connectivity index is 1.45. The SMILES string of the molecule is COCCN1C[C@@H](C(=O)NC[C@H]2Cc3ccccc3O2)CC1=O. The van der Waals surface area contributed by atoms with Crippen molar-refractivity contribution in [2.24, 2.45) is 5.92 Å². The van der Waals surface area contributed by atoms with E-state index < -0.39 is 0 Å². The third-order valence-corrected chi connectivity index (χ3v) is 4.37. The molecule has 1 N–H and O–H groups in total. The Morgan fingerprint density at radius 2 is 2.22 bits per heavy atom. The Morgan fingerprint density at radius 1 is 1.39 bits per heavy atom. The summed E-state index contributed by atoms with van der Waals surface area (Å²) in [7, 11) is 1.60. The van der Waals surface area contributed by atoms with Crippen LogP contribution in [0.25, 0.3) is 0 Å². The van der Waals surface area contributed by atoms with E-state index in [1.54, 1.807) is 12.0 Å². The Labute approximate surface area is 135 Å². The van der Waals surface area contributed by atoms with Gasteiger partial charge in [-0.05, 0) is 11.6 Å². The summed E-state index contributed by atoms with van der Waals surface area (Å²) in [4.78, 5) is 25.8. The standard InChI is InChI=1S/C17H22N2O4/c1-22-7-6-19-11-13(9-16(19)20)17(21)18-10-14-8-12-4-2-3-5-15(12)23-14/h2-5,13-14H,6-11H2,1H3,(H,18,21)/t13-,14+/m0/s1. The molecule has 0 aliphatic carbocycles. The number of amides is 2. The molecule has 0 saturated carbocycles. The summed E-state index contributed by atoms with van der Waals surface area (Å²) < 4.78 is 10.8. The fourth-order valence-electron chi connectivity index (χ4n) is 3.09. The van der Waals surface area contributed by atoms with Crippen LogP contribution in [0.4, 0.5) is 0 Å². The van der Waals surface area contributed by atoms with E-state index in [1.165, 1.54) is 5.56 Å². The van der Waals surface area contributed by atoms with Gasteiger partial charge in [0.15, 0.2) is 0 Å². The molecule has 1 aromatic carbocycles. The maximum absolute atomic E-state index is 12.3. The van der Waals surface area contributed by atoms with Crippen LogP contribution in [0, 0.1) is 5.92 Å². The number of para-hydroxylation sites is 1. The number of nitrogens with one attached hydrogen (secondary N) is 1. The smallest absolute Gasteiger partial charge is 0.225 e. The second kappa shape index (κ2) is 7.00. The van der Waals surface area contributed by atoms with Gasteiger partial charge < -0.3 is 19.7 Å². The summed E-state index contributed by atoms with van der Waals surface area (Å²) in [5.41, 5.74) is 1.17. The molecule has 1 fully saturated rings. The van der Waals surface area contributed by atoms with Crippen molar-refractivity contribution in [1.29, 1.82) is 0 Å². The van der Waals surface area contributed by atoms with Crippen LogP contribution >= 0.6 is 0 Å². The minimum Gasteiger partial charge on any atom is -0.488 e. The van der Waals surface area contributed by atoms with Gasteiger partial charge in [0.2, 0.25) is 11.8 Å². The van der Waals surface area contributed by atoms with E-state index in [2.05, 4.69) is 5.32 Å². The lowest BCUT2D eigenvalue weighted by molar-refractivity contribution is -0.129. The zero-order valence-corrected chi connectivity index (χ0v) is 13.3. The molecule has 3 rings (SSSR count). The van der Waals surface area contributed by atoms with Gasteiger partial charge in [-0.1, -0.05) is 18.2 Å². The van der Waals surface area contributed by atoms with Crippen LogP contribution in [0.15, 0.2) is 24.3 Å². The second-order valence-corrected chi connectivity index (χ2v) is 6.03. The van der Waals surface area contributed by atoms with Gasteiger partial charge in [0.1, 0.15) is 11.9 Å². The lowest BCUT2D eigenvalue weighted by atomic mass is 10.1. The summed E-state index contributed by atoms with van der Waals surface area (Å²) in [6.07, 6.45) is 1.06. The molecule has 6 nitrogen and oxygen atoms in total. The van der Waals surface area contributed by atoms with Gasteiger partial charge in [-0.15, -0.1) is 0 Å². The molecule has 0 radical (unpaired) electrons. The molecule has 2 amide bonds. The van der Waals surface area contributed by atoms with E-state index in [9.17, 15) is 9.59 Å². The van der Waals surface area contributed by atoms with Crippen molar-refractivity contribution in [2.45, 2.75) is 18.9 Å². The first-order chi connectivity index (χ1) is 11.2. The molecule has 124 valence electrons. The van der Waals surface area contributed by atoms with Crippen molar-refractivity contribution in [3.8, 4) is 5.75 Å². The van der Waals surface area contributed by atoms with Gasteiger partial charge in [0, 0.05) is 33.0 Å². The zero-order valence-electron chi connectivity index (χ0n) is 13.3. The number of ether oxygens (including phenoxy) is 2. The van der Waals surface area contributed by atoms with Crippen molar-refractivity contribution in [3.63, 3.8) is 0 Å². The topological polar surface area (TPSA) is 67.9 Å². The van der Waals surface area contributed by atoms with Crippen LogP contribution in [-0.2, 0) is 20.7 Å². The molecule has 1 saturated heterocycles. The van der Waals surface area contributed by atoms with Crippen LogP contribution in [0.1, 0.15) is 12.0 Å². The number of carbonyl (C=O) groups excluding carboxylic acids is 2. The summed E-state index contributed by atoms with van der Waals surface area (Å²) in [5.74, 6) is 0.571. The zero-order chi connectivity index (χ0) is 16.2. The van der Waals surface area contributed by atoms with Crippen LogP contribution in [0.2, 0.25) is 0 Å². The highest BCUT2D eigenvalue weighted by atomic mass is 16.5. The maximum Gasteiger partial charge on any atom is 0.225 e. The highest BCUT2D eigenvalue weighted by Gasteiger charge is 2.34. The Kier molecular flexibility index (Phi) is 4.81. The van der Waals surface area contributed by atoms with Crippen molar-refractivity contribution in [2.75, 3.05) is 33.4 Å². The van der Waals surface area contributed by atoms with Crippen molar-refractivity contribution >= 4 is 11.8 Å². The first-order valence-corrected chi connectivity index (χ1v) is 7.96. The van der Waals surface area contributed by atoms with Crippen LogP contribution in [0.5, 0.6) is 5.75 Å². The van der Waals surface area contributed by atoms with Gasteiger partial charge in [-0.25, -0.2) is 0 Å². The molecule has 0 unspecified atom stereocenters. The molecule has 0 aromatic heterocycles. The minimum atomic E-state index is -0.275. The first-order valence-electron chi connectivity index (χ1n) is 7.96. The number of likely N-dealkylation sites (tertiary alicyclic amines) is 1. The third kappa shape index (κ3) is 3.64.